The second-order valence-electron chi connectivity index (χ2n) is 7.18. The summed E-state index contributed by atoms with van der Waals surface area (Å²) < 4.78 is 36.1. The number of carbonyl (C=O) groups excluding carboxylic acids is 1. The number of esters is 1. The number of hydrogen-bond acceptors (Lipinski definition) is 8. The normalized spacial score (nSPS) is 16.2. The van der Waals surface area contributed by atoms with Gasteiger partial charge in [0.2, 0.25) is 0 Å². The first-order valence-corrected chi connectivity index (χ1v) is 11.6. The van der Waals surface area contributed by atoms with Crippen LogP contribution in [0, 0.1) is 11.3 Å². The Morgan fingerprint density at radius 1 is 1.16 bits per heavy atom. The summed E-state index contributed by atoms with van der Waals surface area (Å²) in [4.78, 5) is 12.9. The SMILES string of the molecule is CC1=C(C(=O)OCCOc2ccccc2)C(c2cccc(C#N)c2)C(S(C)(=O)=O)=C(N)N1. The molecule has 0 saturated heterocycles. The van der Waals surface area contributed by atoms with Gasteiger partial charge in [0, 0.05) is 12.0 Å². The second kappa shape index (κ2) is 9.58. The molecule has 0 spiro atoms. The van der Waals surface area contributed by atoms with Gasteiger partial charge < -0.3 is 20.5 Å². The van der Waals surface area contributed by atoms with Crippen LogP contribution in [0.1, 0.15) is 24.0 Å². The van der Waals surface area contributed by atoms with Crippen molar-refractivity contribution in [2.75, 3.05) is 19.5 Å². The summed E-state index contributed by atoms with van der Waals surface area (Å²) in [6, 6.07) is 17.5. The molecule has 0 aromatic heterocycles. The molecule has 9 heteroatoms. The third-order valence-electron chi connectivity index (χ3n) is 4.84. The van der Waals surface area contributed by atoms with Crippen molar-refractivity contribution in [2.45, 2.75) is 12.8 Å². The molecule has 1 aliphatic heterocycles. The first kappa shape index (κ1) is 22.9. The standard InChI is InChI=1S/C23H23N3O5S/c1-15-19(23(27)31-12-11-30-18-9-4-3-5-10-18)20(17-8-6-7-16(13-17)14-24)21(22(25)26-15)32(2,28)29/h3-10,13,20,26H,11-12,25H2,1-2H3. The van der Waals surface area contributed by atoms with Crippen molar-refractivity contribution >= 4 is 15.8 Å². The van der Waals surface area contributed by atoms with Gasteiger partial charge in [-0.2, -0.15) is 5.26 Å². The lowest BCUT2D eigenvalue weighted by Crippen LogP contribution is -2.35. The maximum absolute atomic E-state index is 13.0. The van der Waals surface area contributed by atoms with Crippen molar-refractivity contribution in [1.29, 1.82) is 5.26 Å². The Morgan fingerprint density at radius 2 is 1.88 bits per heavy atom. The molecule has 1 atom stereocenters. The Bertz CT molecular complexity index is 1230. The molecule has 0 aliphatic carbocycles. The molecule has 8 nitrogen and oxygen atoms in total. The van der Waals surface area contributed by atoms with Crippen LogP contribution in [0.3, 0.4) is 0 Å². The maximum Gasteiger partial charge on any atom is 0.336 e. The van der Waals surface area contributed by atoms with Gasteiger partial charge in [0.1, 0.15) is 24.8 Å². The Balaban J connectivity index is 1.90. The molecule has 0 saturated carbocycles. The fourth-order valence-electron chi connectivity index (χ4n) is 3.51. The van der Waals surface area contributed by atoms with Gasteiger partial charge in [0.15, 0.2) is 9.84 Å². The van der Waals surface area contributed by atoms with Crippen molar-refractivity contribution in [2.24, 2.45) is 5.73 Å². The first-order valence-electron chi connectivity index (χ1n) is 9.75. The number of carbonyl (C=O) groups is 1. The Labute approximate surface area is 186 Å². The van der Waals surface area contributed by atoms with Crippen LogP contribution in [-0.2, 0) is 19.4 Å². The van der Waals surface area contributed by atoms with E-state index in [1.165, 1.54) is 6.07 Å². The smallest absolute Gasteiger partial charge is 0.336 e. The van der Waals surface area contributed by atoms with Crippen LogP contribution in [0.4, 0.5) is 0 Å². The van der Waals surface area contributed by atoms with Gasteiger partial charge in [0.25, 0.3) is 0 Å². The van der Waals surface area contributed by atoms with E-state index in [1.807, 2.05) is 24.3 Å². The van der Waals surface area contributed by atoms with E-state index in [-0.39, 0.29) is 29.5 Å². The zero-order valence-electron chi connectivity index (χ0n) is 17.7. The van der Waals surface area contributed by atoms with Crippen molar-refractivity contribution < 1.29 is 22.7 Å². The molecule has 0 bridgehead atoms. The van der Waals surface area contributed by atoms with Crippen molar-refractivity contribution in [1.82, 2.24) is 5.32 Å². The zero-order chi connectivity index (χ0) is 23.3. The van der Waals surface area contributed by atoms with Crippen LogP contribution in [0.25, 0.3) is 0 Å². The topological polar surface area (TPSA) is 132 Å². The number of allylic oxidation sites excluding steroid dienone is 2. The lowest BCUT2D eigenvalue weighted by molar-refractivity contribution is -0.140. The second-order valence-corrected chi connectivity index (χ2v) is 9.17. The number of nitrogens with two attached hydrogens (primary N) is 1. The number of dihydropyridines is 1. The predicted molar refractivity (Wildman–Crippen MR) is 119 cm³/mol. The minimum Gasteiger partial charge on any atom is -0.490 e. The number of nitrogens with one attached hydrogen (secondary N) is 1. The molecule has 32 heavy (non-hydrogen) atoms. The average Bonchev–Trinajstić information content (AvgIpc) is 2.76. The molecule has 0 fully saturated rings. The Hall–Kier alpha value is -3.77. The number of rotatable bonds is 7. The van der Waals surface area contributed by atoms with Gasteiger partial charge >= 0.3 is 5.97 Å². The van der Waals surface area contributed by atoms with E-state index in [0.29, 0.717) is 22.6 Å². The van der Waals surface area contributed by atoms with Crippen molar-refractivity contribution in [3.05, 3.63) is 87.7 Å². The highest BCUT2D eigenvalue weighted by molar-refractivity contribution is 7.94. The number of ether oxygens (including phenoxy) is 2. The maximum atomic E-state index is 13.0. The molecule has 1 heterocycles. The summed E-state index contributed by atoms with van der Waals surface area (Å²) in [6.45, 7) is 1.70. The lowest BCUT2D eigenvalue weighted by Gasteiger charge is -2.30. The highest BCUT2D eigenvalue weighted by atomic mass is 32.2. The van der Waals surface area contributed by atoms with E-state index in [0.717, 1.165) is 6.26 Å². The lowest BCUT2D eigenvalue weighted by atomic mass is 9.86. The van der Waals surface area contributed by atoms with Gasteiger partial charge in [-0.1, -0.05) is 30.3 Å². The predicted octanol–water partition coefficient (Wildman–Crippen LogP) is 2.31. The average molecular weight is 454 g/mol. The van der Waals surface area contributed by atoms with Crippen LogP contribution in [0.2, 0.25) is 0 Å². The Kier molecular flexibility index (Phi) is 6.85. The number of para-hydroxylation sites is 1. The summed E-state index contributed by atoms with van der Waals surface area (Å²) in [5.41, 5.74) is 7.27. The third-order valence-corrected chi connectivity index (χ3v) is 6.09. The van der Waals surface area contributed by atoms with E-state index in [1.54, 1.807) is 37.3 Å². The summed E-state index contributed by atoms with van der Waals surface area (Å²) in [5, 5.41) is 12.0. The van der Waals surface area contributed by atoms with Crippen LogP contribution >= 0.6 is 0 Å². The molecular formula is C23H23N3O5S. The van der Waals surface area contributed by atoms with E-state index in [4.69, 9.17) is 15.2 Å². The van der Waals surface area contributed by atoms with Gasteiger partial charge in [-0.25, -0.2) is 13.2 Å². The fraction of sp³-hybridized carbons (Fsp3) is 0.217. The number of nitriles is 1. The van der Waals surface area contributed by atoms with Crippen LogP contribution in [-0.4, -0.2) is 33.9 Å². The van der Waals surface area contributed by atoms with Gasteiger partial charge in [0.05, 0.1) is 28.0 Å². The molecule has 0 radical (unpaired) electrons. The largest absolute Gasteiger partial charge is 0.490 e. The zero-order valence-corrected chi connectivity index (χ0v) is 18.5. The van der Waals surface area contributed by atoms with Crippen LogP contribution in [0.15, 0.2) is 76.6 Å². The Morgan fingerprint density at radius 3 is 2.53 bits per heavy atom. The molecule has 1 aliphatic rings. The fourth-order valence-corrected chi connectivity index (χ4v) is 4.65. The number of nitrogens with zero attached hydrogens (tertiary/aromatic N) is 1. The highest BCUT2D eigenvalue weighted by Crippen LogP contribution is 2.40. The van der Waals surface area contributed by atoms with Gasteiger partial charge in [-0.05, 0) is 36.8 Å². The van der Waals surface area contributed by atoms with Gasteiger partial charge in [-0.15, -0.1) is 0 Å². The van der Waals surface area contributed by atoms with E-state index in [2.05, 4.69) is 5.32 Å². The quantitative estimate of drug-likeness (QED) is 0.482. The molecule has 3 N–H and O–H groups in total. The number of benzene rings is 2. The molecule has 3 rings (SSSR count). The molecule has 0 amide bonds. The van der Waals surface area contributed by atoms with Crippen molar-refractivity contribution in [3.8, 4) is 11.8 Å². The molecular weight excluding hydrogens is 430 g/mol. The summed E-state index contributed by atoms with van der Waals surface area (Å²) in [7, 11) is -3.80. The van der Waals surface area contributed by atoms with Gasteiger partial charge in [-0.3, -0.25) is 0 Å². The molecule has 166 valence electrons. The summed E-state index contributed by atoms with van der Waals surface area (Å²) in [5.74, 6) is -1.14. The molecule has 2 aromatic carbocycles. The van der Waals surface area contributed by atoms with E-state index >= 15 is 0 Å². The van der Waals surface area contributed by atoms with Crippen molar-refractivity contribution in [3.63, 3.8) is 0 Å². The minimum atomic E-state index is -3.80. The number of sulfone groups is 1. The first-order chi connectivity index (χ1) is 15.2. The van der Waals surface area contributed by atoms with Crippen LogP contribution in [0.5, 0.6) is 5.75 Å². The molecule has 2 aromatic rings. The van der Waals surface area contributed by atoms with E-state index < -0.39 is 21.7 Å². The third kappa shape index (κ3) is 5.10. The van der Waals surface area contributed by atoms with Crippen LogP contribution < -0.4 is 15.8 Å². The highest BCUT2D eigenvalue weighted by Gasteiger charge is 2.39. The number of hydrogen-bond donors (Lipinski definition) is 2. The summed E-state index contributed by atoms with van der Waals surface area (Å²) in [6.07, 6.45) is 1.02. The van der Waals surface area contributed by atoms with E-state index in [9.17, 15) is 18.5 Å². The monoisotopic (exact) mass is 453 g/mol. The molecule has 1 unspecified atom stereocenters. The summed E-state index contributed by atoms with van der Waals surface area (Å²) >= 11 is 0. The minimum absolute atomic E-state index is 0.0388.